The van der Waals surface area contributed by atoms with Gasteiger partial charge in [0.05, 0.1) is 11.6 Å². The molecule has 0 amide bonds. The van der Waals surface area contributed by atoms with Crippen LogP contribution in [0.5, 0.6) is 0 Å². The second-order valence-corrected chi connectivity index (χ2v) is 8.07. The standard InChI is InChI=1S/C23H26N4O/c1-26-15-18(17-11-5-7-13-20(17)26)22(23(28)16-9-3-2-4-10-16)27-21-14-8-6-12-19(21)24-25-27/h5-8,11-16,22-23,28H,2-4,9-10H2,1H3. The van der Waals surface area contributed by atoms with Gasteiger partial charge in [-0.25, -0.2) is 4.68 Å². The summed E-state index contributed by atoms with van der Waals surface area (Å²) in [5.41, 5.74) is 4.12. The van der Waals surface area contributed by atoms with E-state index in [9.17, 15) is 5.11 Å². The minimum absolute atomic E-state index is 0.249. The summed E-state index contributed by atoms with van der Waals surface area (Å²) >= 11 is 0. The van der Waals surface area contributed by atoms with Gasteiger partial charge in [-0.05, 0) is 37.0 Å². The average Bonchev–Trinajstić information content (AvgIpc) is 3.31. The van der Waals surface area contributed by atoms with Crippen molar-refractivity contribution in [3.63, 3.8) is 0 Å². The molecule has 2 unspecified atom stereocenters. The Morgan fingerprint density at radius 3 is 2.50 bits per heavy atom. The van der Waals surface area contributed by atoms with E-state index in [-0.39, 0.29) is 6.04 Å². The molecule has 1 saturated carbocycles. The molecule has 4 aromatic rings. The molecular weight excluding hydrogens is 348 g/mol. The maximum atomic E-state index is 11.6. The van der Waals surface area contributed by atoms with E-state index in [4.69, 9.17) is 0 Å². The molecule has 1 fully saturated rings. The molecule has 0 spiro atoms. The van der Waals surface area contributed by atoms with Gasteiger partial charge in [0.2, 0.25) is 0 Å². The first kappa shape index (κ1) is 17.4. The molecule has 2 atom stereocenters. The number of benzene rings is 2. The number of para-hydroxylation sites is 2. The highest BCUT2D eigenvalue weighted by atomic mass is 16.3. The first-order valence-electron chi connectivity index (χ1n) is 10.3. The minimum Gasteiger partial charge on any atom is -0.390 e. The van der Waals surface area contributed by atoms with Crippen molar-refractivity contribution in [3.05, 3.63) is 60.3 Å². The van der Waals surface area contributed by atoms with Gasteiger partial charge in [0.15, 0.2) is 0 Å². The lowest BCUT2D eigenvalue weighted by molar-refractivity contribution is 0.0486. The summed E-state index contributed by atoms with van der Waals surface area (Å²) in [6, 6.07) is 16.2. The van der Waals surface area contributed by atoms with Crippen molar-refractivity contribution in [2.75, 3.05) is 0 Å². The number of aryl methyl sites for hydroxylation is 1. The quantitative estimate of drug-likeness (QED) is 0.574. The maximum Gasteiger partial charge on any atom is 0.113 e. The minimum atomic E-state index is -0.490. The molecule has 0 bridgehead atoms. The summed E-state index contributed by atoms with van der Waals surface area (Å²) in [6.07, 6.45) is 7.48. The summed E-state index contributed by atoms with van der Waals surface area (Å²) in [4.78, 5) is 0. The van der Waals surface area contributed by atoms with Crippen LogP contribution in [0.25, 0.3) is 21.9 Å². The highest BCUT2D eigenvalue weighted by molar-refractivity contribution is 5.85. The van der Waals surface area contributed by atoms with E-state index in [1.165, 1.54) is 30.2 Å². The van der Waals surface area contributed by atoms with Crippen molar-refractivity contribution in [2.45, 2.75) is 44.2 Å². The fourth-order valence-corrected chi connectivity index (χ4v) is 4.90. The highest BCUT2D eigenvalue weighted by Gasteiger charge is 2.34. The number of hydrogen-bond acceptors (Lipinski definition) is 3. The third kappa shape index (κ3) is 2.81. The summed E-state index contributed by atoms with van der Waals surface area (Å²) in [5.74, 6) is 0.292. The van der Waals surface area contributed by atoms with Gasteiger partial charge in [-0.1, -0.05) is 54.8 Å². The summed E-state index contributed by atoms with van der Waals surface area (Å²) in [7, 11) is 2.06. The van der Waals surface area contributed by atoms with Crippen LogP contribution in [0.1, 0.15) is 43.7 Å². The number of aromatic nitrogens is 4. The Balaban J connectivity index is 1.70. The van der Waals surface area contributed by atoms with Gasteiger partial charge in [-0.15, -0.1) is 5.10 Å². The van der Waals surface area contributed by atoms with E-state index in [0.717, 1.165) is 29.4 Å². The predicted octanol–water partition coefficient (Wildman–Crippen LogP) is 4.45. The zero-order valence-corrected chi connectivity index (χ0v) is 16.2. The molecule has 1 N–H and O–H groups in total. The van der Waals surface area contributed by atoms with E-state index in [1.807, 2.05) is 28.9 Å². The molecular formula is C23H26N4O. The van der Waals surface area contributed by atoms with Gasteiger partial charge >= 0.3 is 0 Å². The van der Waals surface area contributed by atoms with Gasteiger partial charge in [0, 0.05) is 29.7 Å². The summed E-state index contributed by atoms with van der Waals surface area (Å²) in [5, 5.41) is 21.6. The predicted molar refractivity (Wildman–Crippen MR) is 111 cm³/mol. The monoisotopic (exact) mass is 374 g/mol. The molecule has 28 heavy (non-hydrogen) atoms. The molecule has 144 valence electrons. The molecule has 0 saturated heterocycles. The Bertz CT molecular complexity index is 1110. The van der Waals surface area contributed by atoms with E-state index >= 15 is 0 Å². The molecule has 5 nitrogen and oxygen atoms in total. The fraction of sp³-hybridized carbons (Fsp3) is 0.391. The highest BCUT2D eigenvalue weighted by Crippen LogP contribution is 2.38. The van der Waals surface area contributed by atoms with Crippen LogP contribution >= 0.6 is 0 Å². The normalized spacial score (nSPS) is 17.9. The van der Waals surface area contributed by atoms with Gasteiger partial charge in [-0.3, -0.25) is 0 Å². The van der Waals surface area contributed by atoms with Gasteiger partial charge in [0.25, 0.3) is 0 Å². The zero-order valence-electron chi connectivity index (χ0n) is 16.2. The van der Waals surface area contributed by atoms with Crippen molar-refractivity contribution in [2.24, 2.45) is 13.0 Å². The van der Waals surface area contributed by atoms with Gasteiger partial charge in [-0.2, -0.15) is 0 Å². The van der Waals surface area contributed by atoms with Crippen LogP contribution in [0, 0.1) is 5.92 Å². The van der Waals surface area contributed by atoms with Crippen molar-refractivity contribution >= 4 is 21.9 Å². The molecule has 2 aromatic heterocycles. The SMILES string of the molecule is Cn1cc(C(C(O)C2CCCCC2)n2nnc3ccccc32)c2ccccc21. The maximum absolute atomic E-state index is 11.6. The lowest BCUT2D eigenvalue weighted by Crippen LogP contribution is -2.34. The summed E-state index contributed by atoms with van der Waals surface area (Å²) < 4.78 is 4.08. The van der Waals surface area contributed by atoms with E-state index in [0.29, 0.717) is 5.92 Å². The second kappa shape index (κ2) is 7.06. The van der Waals surface area contributed by atoms with Gasteiger partial charge < -0.3 is 9.67 Å². The molecule has 2 aromatic carbocycles. The third-order valence-electron chi connectivity index (χ3n) is 6.34. The van der Waals surface area contributed by atoms with Crippen LogP contribution in [-0.4, -0.2) is 30.8 Å². The lowest BCUT2D eigenvalue weighted by atomic mass is 9.81. The van der Waals surface area contributed by atoms with Crippen LogP contribution in [0.15, 0.2) is 54.7 Å². The lowest BCUT2D eigenvalue weighted by Gasteiger charge is -2.32. The van der Waals surface area contributed by atoms with Crippen LogP contribution in [0.4, 0.5) is 0 Å². The molecule has 5 heteroatoms. The molecule has 0 radical (unpaired) electrons. The third-order valence-corrected chi connectivity index (χ3v) is 6.34. The molecule has 1 aliphatic carbocycles. The van der Waals surface area contributed by atoms with E-state index in [2.05, 4.69) is 52.4 Å². The Kier molecular flexibility index (Phi) is 4.40. The Labute approximate surface area is 164 Å². The van der Waals surface area contributed by atoms with Crippen molar-refractivity contribution < 1.29 is 5.11 Å². The average molecular weight is 374 g/mol. The molecule has 2 heterocycles. The number of rotatable bonds is 4. The molecule has 0 aliphatic heterocycles. The molecule has 1 aliphatic rings. The number of fused-ring (bicyclic) bond motifs is 2. The van der Waals surface area contributed by atoms with Crippen LogP contribution < -0.4 is 0 Å². The Hall–Kier alpha value is -2.66. The largest absolute Gasteiger partial charge is 0.390 e. The number of nitrogens with zero attached hydrogens (tertiary/aromatic N) is 4. The first-order valence-corrected chi connectivity index (χ1v) is 10.3. The molecule has 5 rings (SSSR count). The van der Waals surface area contributed by atoms with E-state index < -0.39 is 6.10 Å². The Morgan fingerprint density at radius 2 is 1.68 bits per heavy atom. The zero-order chi connectivity index (χ0) is 19.1. The van der Waals surface area contributed by atoms with Crippen molar-refractivity contribution in [3.8, 4) is 0 Å². The second-order valence-electron chi connectivity index (χ2n) is 8.07. The smallest absolute Gasteiger partial charge is 0.113 e. The first-order chi connectivity index (χ1) is 13.7. The van der Waals surface area contributed by atoms with Crippen molar-refractivity contribution in [1.29, 1.82) is 0 Å². The number of aliphatic hydroxyl groups excluding tert-OH is 1. The topological polar surface area (TPSA) is 55.9 Å². The van der Waals surface area contributed by atoms with Crippen LogP contribution in [-0.2, 0) is 7.05 Å². The Morgan fingerprint density at radius 1 is 0.964 bits per heavy atom. The fourth-order valence-electron chi connectivity index (χ4n) is 4.90. The van der Waals surface area contributed by atoms with E-state index in [1.54, 1.807) is 0 Å². The number of aliphatic hydroxyl groups is 1. The van der Waals surface area contributed by atoms with Crippen molar-refractivity contribution in [1.82, 2.24) is 19.6 Å². The number of hydrogen-bond donors (Lipinski definition) is 1. The summed E-state index contributed by atoms with van der Waals surface area (Å²) in [6.45, 7) is 0. The van der Waals surface area contributed by atoms with Crippen LogP contribution in [0.2, 0.25) is 0 Å². The van der Waals surface area contributed by atoms with Crippen LogP contribution in [0.3, 0.4) is 0 Å². The van der Waals surface area contributed by atoms with Gasteiger partial charge in [0.1, 0.15) is 11.6 Å².